The van der Waals surface area contributed by atoms with Crippen LogP contribution in [0.4, 0.5) is 8.78 Å². The first kappa shape index (κ1) is 31.1. The number of methoxy groups -OCH3 is 3. The van der Waals surface area contributed by atoms with E-state index in [9.17, 15) is 8.78 Å². The molecule has 0 atom stereocenters. The first-order valence-electron chi connectivity index (χ1n) is 10.9. The van der Waals surface area contributed by atoms with Gasteiger partial charge in [0.05, 0.1) is 21.3 Å². The van der Waals surface area contributed by atoms with Gasteiger partial charge < -0.3 is 23.0 Å². The van der Waals surface area contributed by atoms with Crippen molar-refractivity contribution in [1.29, 1.82) is 0 Å². The number of benzene rings is 3. The minimum atomic E-state index is -1.00. The molecule has 0 saturated heterocycles. The van der Waals surface area contributed by atoms with Crippen LogP contribution in [0.3, 0.4) is 0 Å². The number of hydrogen-bond donors (Lipinski definition) is 0. The maximum absolute atomic E-state index is 9.50. The number of halogens is 2. The number of rotatable bonds is 6. The summed E-state index contributed by atoms with van der Waals surface area (Å²) < 4.78 is 35.9. The number of aryl methyl sites for hydroxylation is 6. The Morgan fingerprint density at radius 2 is 0.686 bits per heavy atom. The van der Waals surface area contributed by atoms with Crippen LogP contribution in [0.1, 0.15) is 33.4 Å². The van der Waals surface area contributed by atoms with Gasteiger partial charge in [-0.05, 0) is 142 Å². The van der Waals surface area contributed by atoms with Crippen LogP contribution in [-0.4, -0.2) is 21.3 Å². The molecule has 0 amide bonds. The Bertz CT molecular complexity index is 941. The van der Waals surface area contributed by atoms with Crippen molar-refractivity contribution in [3.8, 4) is 17.2 Å². The largest absolute Gasteiger partial charge is 1.00 e. The van der Waals surface area contributed by atoms with Crippen LogP contribution in [-0.2, 0) is 22.4 Å². The van der Waals surface area contributed by atoms with Crippen LogP contribution in [0.25, 0.3) is 0 Å². The van der Waals surface area contributed by atoms with Crippen LogP contribution >= 0.6 is 7.92 Å². The third-order valence-electron chi connectivity index (χ3n) is 5.72. The Labute approximate surface area is 225 Å². The maximum atomic E-state index is 9.50. The molecule has 0 saturated carbocycles. The third kappa shape index (κ3) is 7.07. The summed E-state index contributed by atoms with van der Waals surface area (Å²) in [4.78, 5) is 0. The zero-order valence-corrected chi connectivity index (χ0v) is 24.8. The van der Waals surface area contributed by atoms with E-state index in [-0.39, 0.29) is 22.4 Å². The molecule has 7 heteroatoms. The predicted octanol–water partition coefficient (Wildman–Crippen LogP) is 6.36. The first-order chi connectivity index (χ1) is 16.1. The van der Waals surface area contributed by atoms with Gasteiger partial charge >= 0.3 is 22.4 Å². The summed E-state index contributed by atoms with van der Waals surface area (Å²) in [6, 6.07) is 13.7. The van der Waals surface area contributed by atoms with Crippen molar-refractivity contribution < 1.29 is 45.4 Å². The summed E-state index contributed by atoms with van der Waals surface area (Å²) in [6.45, 7) is 11.7. The van der Waals surface area contributed by atoms with Crippen molar-refractivity contribution in [2.45, 2.75) is 41.5 Å². The first-order valence-corrected chi connectivity index (χ1v) is 12.3. The van der Waals surface area contributed by atoms with Crippen molar-refractivity contribution in [3.63, 3.8) is 0 Å². The van der Waals surface area contributed by atoms with Crippen LogP contribution in [0.2, 0.25) is 0 Å². The Morgan fingerprint density at radius 3 is 0.829 bits per heavy atom. The molecule has 3 aromatic carbocycles. The molecule has 3 rings (SSSR count). The van der Waals surface area contributed by atoms with Crippen molar-refractivity contribution >= 4 is 23.8 Å². The molecule has 3 aromatic rings. The van der Waals surface area contributed by atoms with Crippen LogP contribution in [0.15, 0.2) is 36.4 Å². The fourth-order valence-electron chi connectivity index (χ4n) is 4.58. The molecule has 0 heterocycles. The average molecular weight is 685 g/mol. The second kappa shape index (κ2) is 14.0. The van der Waals surface area contributed by atoms with Gasteiger partial charge in [-0.1, -0.05) is 0 Å². The van der Waals surface area contributed by atoms with E-state index in [1.807, 2.05) is 0 Å². The quantitative estimate of drug-likeness (QED) is 0.172. The van der Waals surface area contributed by atoms with Gasteiger partial charge in [-0.15, -0.1) is 0 Å². The Morgan fingerprint density at radius 1 is 0.514 bits per heavy atom. The molecule has 0 bridgehead atoms. The minimum absolute atomic E-state index is 0. The number of hydrogen-bond acceptors (Lipinski definition) is 3. The smallest absolute Gasteiger partial charge is 0.496 e. The second-order valence-corrected chi connectivity index (χ2v) is 10.5. The summed E-state index contributed by atoms with van der Waals surface area (Å²) in [5.74, 6) is 2.88. The van der Waals surface area contributed by atoms with Gasteiger partial charge in [0, 0.05) is 0 Å². The average Bonchev–Trinajstić information content (AvgIpc) is 2.74. The molecular weight excluding hydrogens is 650 g/mol. The molecule has 194 valence electrons. The zero-order valence-electron chi connectivity index (χ0n) is 21.8. The Balaban J connectivity index is 0.00000145. The molecule has 0 radical (unpaired) electrons. The van der Waals surface area contributed by atoms with E-state index in [1.54, 1.807) is 21.3 Å². The molecule has 0 N–H and O–H groups in total. The Hall–Kier alpha value is -1.91. The van der Waals surface area contributed by atoms with E-state index < -0.39 is 14.8 Å². The monoisotopic (exact) mass is 684 g/mol. The predicted molar refractivity (Wildman–Crippen MR) is 140 cm³/mol. The molecule has 0 fully saturated rings. The summed E-state index contributed by atoms with van der Waals surface area (Å²) in [7, 11) is 4.46. The Kier molecular flexibility index (Phi) is 12.4. The van der Waals surface area contributed by atoms with Gasteiger partial charge in [0.2, 0.25) is 0 Å². The maximum Gasteiger partial charge on any atom is 1.00 e. The number of ether oxygens (including phenoxy) is 3. The molecule has 0 aromatic heterocycles. The topological polar surface area (TPSA) is 27.7 Å². The van der Waals surface area contributed by atoms with Crippen LogP contribution < -0.4 is 30.1 Å². The van der Waals surface area contributed by atoms with Crippen molar-refractivity contribution in [1.82, 2.24) is 0 Å². The van der Waals surface area contributed by atoms with Crippen LogP contribution in [0, 0.1) is 48.5 Å². The van der Waals surface area contributed by atoms with E-state index in [0.717, 1.165) is 50.6 Å². The second-order valence-electron chi connectivity index (χ2n) is 8.26. The minimum Gasteiger partial charge on any atom is -0.496 e. The fraction of sp³-hybridized carbons (Fsp3) is 0.321. The summed E-state index contributed by atoms with van der Waals surface area (Å²) in [5, 5.41) is 3.95. The summed E-state index contributed by atoms with van der Waals surface area (Å²) in [5.41, 5.74) is 6.97. The summed E-state index contributed by atoms with van der Waals surface area (Å²) in [6.07, 6.45) is 0. The van der Waals surface area contributed by atoms with E-state index in [0.29, 0.717) is 0 Å². The van der Waals surface area contributed by atoms with E-state index in [2.05, 4.69) is 77.9 Å². The third-order valence-corrected chi connectivity index (χ3v) is 8.05. The normalized spacial score (nSPS) is 10.3. The van der Waals surface area contributed by atoms with Crippen molar-refractivity contribution in [2.75, 3.05) is 21.3 Å². The molecule has 0 aliphatic rings. The standard InChI is InChI=1S/C27H33O3P.CHF2.Au/c1-16-10-22(11-17(2)25(16)28-7)31(23-12-18(3)26(29-8)19(4)13-23)24-14-20(5)27(30-9)21(6)15-24;2-1-3;/h10-15H,1-9H3;1H;/q;-1;+1. The van der Waals surface area contributed by atoms with Gasteiger partial charge in [0.1, 0.15) is 17.2 Å². The SMILES string of the molecule is COc1c(C)cc(P(c2cc(C)c(OC)c(C)c2)c2cc(C)c(OC)c(C)c2)cc1C.F[CH-]F.[Au+]. The van der Waals surface area contributed by atoms with Gasteiger partial charge in [-0.25, -0.2) is 0 Å². The molecule has 35 heavy (non-hydrogen) atoms. The molecule has 0 aliphatic heterocycles. The van der Waals surface area contributed by atoms with Gasteiger partial charge in [0.15, 0.2) is 0 Å². The van der Waals surface area contributed by atoms with Crippen molar-refractivity contribution in [3.05, 3.63) is 76.7 Å². The molecule has 0 unspecified atom stereocenters. The zero-order chi connectivity index (χ0) is 25.6. The van der Waals surface area contributed by atoms with E-state index >= 15 is 0 Å². The van der Waals surface area contributed by atoms with E-state index in [1.165, 1.54) is 15.9 Å². The fourth-order valence-corrected chi connectivity index (χ4v) is 7.41. The molecule has 0 aliphatic carbocycles. The van der Waals surface area contributed by atoms with Crippen LogP contribution in [0.5, 0.6) is 17.2 Å². The van der Waals surface area contributed by atoms with Gasteiger partial charge in [-0.3, -0.25) is 0 Å². The van der Waals surface area contributed by atoms with E-state index in [4.69, 9.17) is 14.2 Å². The molecular formula is C28H34AuF2O3P. The van der Waals surface area contributed by atoms with Gasteiger partial charge in [-0.2, -0.15) is 0 Å². The van der Waals surface area contributed by atoms with Crippen molar-refractivity contribution in [2.24, 2.45) is 0 Å². The molecule has 0 spiro atoms. The van der Waals surface area contributed by atoms with Gasteiger partial charge in [0.25, 0.3) is 0 Å². The molecule has 3 nitrogen and oxygen atoms in total. The summed E-state index contributed by atoms with van der Waals surface area (Å²) >= 11 is 0.